The molecule has 0 aromatic carbocycles. The van der Waals surface area contributed by atoms with E-state index in [0.29, 0.717) is 13.1 Å². The number of hydrogen-bond donors (Lipinski definition) is 3. The molecule has 0 radical (unpaired) electrons. The molecule has 0 aliphatic rings. The van der Waals surface area contributed by atoms with Crippen LogP contribution in [0.15, 0.2) is 23.1 Å². The number of fused-ring (bicyclic) bond motifs is 1. The van der Waals surface area contributed by atoms with Gasteiger partial charge in [-0.2, -0.15) is 0 Å². The lowest BCUT2D eigenvalue weighted by Crippen LogP contribution is -2.32. The second-order valence-corrected chi connectivity index (χ2v) is 5.50. The number of pyridine rings is 1. The highest BCUT2D eigenvalue weighted by Gasteiger charge is 2.15. The first-order valence-corrected chi connectivity index (χ1v) is 7.31. The van der Waals surface area contributed by atoms with Crippen LogP contribution >= 0.6 is 11.3 Å². The first-order valence-electron chi connectivity index (χ1n) is 6.49. The molecule has 3 aromatic heterocycles. The van der Waals surface area contributed by atoms with E-state index in [9.17, 15) is 9.59 Å². The number of carbonyl (C=O) groups excluding carboxylic acids is 1. The van der Waals surface area contributed by atoms with Crippen molar-refractivity contribution in [2.75, 3.05) is 25.5 Å². The normalized spacial score (nSPS) is 10.8. The number of aromatic nitrogens is 5. The lowest BCUT2D eigenvalue weighted by Gasteiger charge is -2.15. The van der Waals surface area contributed by atoms with Gasteiger partial charge in [0.05, 0.1) is 0 Å². The van der Waals surface area contributed by atoms with E-state index in [1.165, 1.54) is 16.2 Å². The third kappa shape index (κ3) is 2.96. The summed E-state index contributed by atoms with van der Waals surface area (Å²) in [6.45, 7) is 0.966. The van der Waals surface area contributed by atoms with E-state index >= 15 is 0 Å². The van der Waals surface area contributed by atoms with Crippen LogP contribution in [-0.4, -0.2) is 56.1 Å². The molecule has 10 heteroatoms. The Bertz CT molecular complexity index is 819. The molecule has 0 saturated carbocycles. The van der Waals surface area contributed by atoms with Crippen molar-refractivity contribution < 1.29 is 4.79 Å². The lowest BCUT2D eigenvalue weighted by atomic mass is 10.4. The average Bonchev–Trinajstić information content (AvgIpc) is 3.11. The molecule has 3 N–H and O–H groups in total. The van der Waals surface area contributed by atoms with Crippen LogP contribution in [0.2, 0.25) is 0 Å². The summed E-state index contributed by atoms with van der Waals surface area (Å²) in [6.07, 6.45) is 1.72. The molecule has 0 bridgehead atoms. The lowest BCUT2D eigenvalue weighted by molar-refractivity contribution is 0.0789. The number of amides is 1. The maximum absolute atomic E-state index is 12.0. The molecule has 3 aromatic rings. The van der Waals surface area contributed by atoms with Gasteiger partial charge in [0.2, 0.25) is 5.82 Å². The minimum Gasteiger partial charge on any atom is -0.360 e. The van der Waals surface area contributed by atoms with Crippen LogP contribution in [0.4, 0.5) is 5.13 Å². The number of H-pyrrole nitrogens is 2. The minimum absolute atomic E-state index is 0.00307. The number of likely N-dealkylation sites (N-methyl/N-ethyl adjacent to an activating group) is 1. The Morgan fingerprint density at radius 3 is 3.09 bits per heavy atom. The average molecular weight is 319 g/mol. The molecule has 3 heterocycles. The van der Waals surface area contributed by atoms with Gasteiger partial charge < -0.3 is 10.2 Å². The van der Waals surface area contributed by atoms with Crippen molar-refractivity contribution in [2.45, 2.75) is 0 Å². The van der Waals surface area contributed by atoms with Gasteiger partial charge in [-0.15, -0.1) is 5.10 Å². The molecule has 0 fully saturated rings. The van der Waals surface area contributed by atoms with Crippen molar-refractivity contribution in [3.05, 3.63) is 34.6 Å². The summed E-state index contributed by atoms with van der Waals surface area (Å²) < 4.78 is 0. The van der Waals surface area contributed by atoms with Gasteiger partial charge in [-0.05, 0) is 12.1 Å². The summed E-state index contributed by atoms with van der Waals surface area (Å²) in [7, 11) is 1.64. The number of hydrogen-bond acceptors (Lipinski definition) is 7. The van der Waals surface area contributed by atoms with Crippen LogP contribution in [-0.2, 0) is 0 Å². The van der Waals surface area contributed by atoms with Crippen LogP contribution in [0.5, 0.6) is 0 Å². The van der Waals surface area contributed by atoms with E-state index in [1.54, 1.807) is 13.2 Å². The fourth-order valence-corrected chi connectivity index (χ4v) is 2.66. The van der Waals surface area contributed by atoms with E-state index in [1.807, 2.05) is 12.1 Å². The van der Waals surface area contributed by atoms with Crippen molar-refractivity contribution >= 4 is 32.7 Å². The van der Waals surface area contributed by atoms with E-state index in [-0.39, 0.29) is 11.7 Å². The van der Waals surface area contributed by atoms with Crippen LogP contribution in [0.3, 0.4) is 0 Å². The number of nitrogens with zero attached hydrogens (tertiary/aromatic N) is 4. The maximum atomic E-state index is 12.0. The molecule has 0 spiro atoms. The van der Waals surface area contributed by atoms with Crippen molar-refractivity contribution in [1.29, 1.82) is 0 Å². The fourth-order valence-electron chi connectivity index (χ4n) is 1.83. The summed E-state index contributed by atoms with van der Waals surface area (Å²) in [5, 5.41) is 9.67. The highest BCUT2D eigenvalue weighted by molar-refractivity contribution is 7.21. The SMILES string of the molecule is CN(CCNc1nc2cccnc2s1)C(=O)c1n[nH]c(=O)[nH]1. The molecule has 22 heavy (non-hydrogen) atoms. The molecule has 0 aliphatic carbocycles. The number of thiazole rings is 1. The highest BCUT2D eigenvalue weighted by Crippen LogP contribution is 2.22. The molecule has 114 valence electrons. The van der Waals surface area contributed by atoms with Crippen LogP contribution in [0.25, 0.3) is 10.3 Å². The van der Waals surface area contributed by atoms with Crippen LogP contribution in [0.1, 0.15) is 10.6 Å². The van der Waals surface area contributed by atoms with Crippen molar-refractivity contribution in [3.63, 3.8) is 0 Å². The predicted molar refractivity (Wildman–Crippen MR) is 82.1 cm³/mol. The first-order chi connectivity index (χ1) is 10.6. The zero-order valence-corrected chi connectivity index (χ0v) is 12.5. The van der Waals surface area contributed by atoms with Gasteiger partial charge in [0.15, 0.2) is 5.13 Å². The fraction of sp³-hybridized carbons (Fsp3) is 0.250. The Kier molecular flexibility index (Phi) is 3.83. The van der Waals surface area contributed by atoms with Gasteiger partial charge in [-0.1, -0.05) is 11.3 Å². The summed E-state index contributed by atoms with van der Waals surface area (Å²) in [5.41, 5.74) is 0.338. The standard InChI is InChI=1S/C12H13N7O2S/c1-19(10(20)8-16-11(21)18-17-8)6-5-14-12-15-7-3-2-4-13-9(7)22-12/h2-4H,5-6H2,1H3,(H,14,15)(H2,16,17,18,21). The van der Waals surface area contributed by atoms with Crippen LogP contribution in [0, 0.1) is 0 Å². The minimum atomic E-state index is -0.503. The predicted octanol–water partition coefficient (Wildman–Crippen LogP) is 0.287. The number of nitrogens with one attached hydrogen (secondary N) is 3. The smallest absolute Gasteiger partial charge is 0.341 e. The molecule has 0 unspecified atom stereocenters. The zero-order valence-electron chi connectivity index (χ0n) is 11.7. The molecule has 9 nitrogen and oxygen atoms in total. The third-order valence-corrected chi connectivity index (χ3v) is 3.88. The Morgan fingerprint density at radius 1 is 1.50 bits per heavy atom. The van der Waals surface area contributed by atoms with E-state index < -0.39 is 5.69 Å². The molecule has 0 atom stereocenters. The maximum Gasteiger partial charge on any atom is 0.341 e. The monoisotopic (exact) mass is 319 g/mol. The summed E-state index contributed by atoms with van der Waals surface area (Å²) in [5.74, 6) is -0.359. The largest absolute Gasteiger partial charge is 0.360 e. The second-order valence-electron chi connectivity index (χ2n) is 4.53. The highest BCUT2D eigenvalue weighted by atomic mass is 32.1. The second kappa shape index (κ2) is 5.93. The summed E-state index contributed by atoms with van der Waals surface area (Å²) in [4.78, 5) is 36.2. The number of carbonyl (C=O) groups is 1. The van der Waals surface area contributed by atoms with Gasteiger partial charge in [0.25, 0.3) is 5.91 Å². The first kappa shape index (κ1) is 14.2. The molecule has 0 aliphatic heterocycles. The van der Waals surface area contributed by atoms with Gasteiger partial charge >= 0.3 is 5.69 Å². The van der Waals surface area contributed by atoms with E-state index in [2.05, 4.69) is 30.5 Å². The Hall–Kier alpha value is -2.75. The van der Waals surface area contributed by atoms with Crippen molar-refractivity contribution in [1.82, 2.24) is 30.0 Å². The quantitative estimate of drug-likeness (QED) is 0.621. The number of anilines is 1. The van der Waals surface area contributed by atoms with E-state index in [4.69, 9.17) is 0 Å². The summed E-state index contributed by atoms with van der Waals surface area (Å²) >= 11 is 1.46. The number of rotatable bonds is 5. The van der Waals surface area contributed by atoms with Crippen LogP contribution < -0.4 is 11.0 Å². The Morgan fingerprint density at radius 2 is 2.36 bits per heavy atom. The van der Waals surface area contributed by atoms with E-state index in [0.717, 1.165) is 15.5 Å². The van der Waals surface area contributed by atoms with Gasteiger partial charge in [-0.3, -0.25) is 9.78 Å². The molecule has 3 rings (SSSR count). The zero-order chi connectivity index (χ0) is 15.5. The molecule has 0 saturated heterocycles. The van der Waals surface area contributed by atoms with Gasteiger partial charge in [0.1, 0.15) is 10.3 Å². The third-order valence-electron chi connectivity index (χ3n) is 2.94. The van der Waals surface area contributed by atoms with Gasteiger partial charge in [-0.25, -0.2) is 19.9 Å². The van der Waals surface area contributed by atoms with Crippen molar-refractivity contribution in [3.8, 4) is 0 Å². The van der Waals surface area contributed by atoms with Gasteiger partial charge in [0, 0.05) is 26.3 Å². The van der Waals surface area contributed by atoms with Crippen molar-refractivity contribution in [2.24, 2.45) is 0 Å². The Labute approximate surface area is 128 Å². The molecule has 1 amide bonds. The number of aromatic amines is 2. The molecular weight excluding hydrogens is 306 g/mol. The summed E-state index contributed by atoms with van der Waals surface area (Å²) in [6, 6.07) is 3.73. The topological polar surface area (TPSA) is 120 Å². The molecular formula is C12H13N7O2S. The Balaban J connectivity index is 1.56.